The molecule has 0 spiro atoms. The summed E-state index contributed by atoms with van der Waals surface area (Å²) >= 11 is 14.6. The zero-order chi connectivity index (χ0) is 100.0. The Balaban J connectivity index is 0.000000138. The van der Waals surface area contributed by atoms with Gasteiger partial charge in [-0.05, 0) is 250 Å². The first-order chi connectivity index (χ1) is 63.6. The van der Waals surface area contributed by atoms with Crippen molar-refractivity contribution in [3.05, 3.63) is 299 Å². The largest absolute Gasteiger partial charge is 0.386 e. The van der Waals surface area contributed by atoms with E-state index in [-0.39, 0.29) is 71.9 Å². The molecule has 7 nitrogen and oxygen atoms in total. The van der Waals surface area contributed by atoms with Gasteiger partial charge >= 0.3 is 47.5 Å². The van der Waals surface area contributed by atoms with Crippen LogP contribution in [0.5, 0.6) is 0 Å². The number of allylic oxidation sites excluding steroid dienone is 7. The summed E-state index contributed by atoms with van der Waals surface area (Å²) in [6.45, 7) is 53.3. The van der Waals surface area contributed by atoms with E-state index in [0.29, 0.717) is 73.6 Å². The van der Waals surface area contributed by atoms with Crippen LogP contribution in [-0.2, 0) is 23.9 Å². The van der Waals surface area contributed by atoms with E-state index in [0.717, 1.165) is 151 Å². The standard InChI is InChI=1S/C29H22F6S2.C23H14F6S2.C19H20O2S2.C18H18N2S2.C18H18O3S2/c1-15-21(17(3)36-25(15)19-11-7-5-8-12-19)23-24(28(32,33)29(34,35)27(23,30)31)22-16(2)26(37-18(22)4)20-13-9-6-10-14-20;1-11-17(13-7-3-5-9-15(13)30-11)19-20(22(26,27)23(28,29)21(19,24)25)18-12(2)31-16-10-6-4-8-14(16)18;1-8-10(3)22-12(5)16(8)18-14(20)7-15(21)19(18)17-9(2)11(4)23-13(17)6;1-9-11(3)21-13(5)16(9)15(8-19)18(20-7)17-10(2)12(4)22-14(17)6;1-7-9(3)22-11(5)13(7)15-16(18(20)21-17(15)19)14-8(2)10(4)23-12(14)6/h5-14H,1-4H3;3-10H,1-2H3;7H2,1-6H3;1-6H3;1-6H3/b;;;18-15+;. The molecule has 4 aromatic carbocycles. The average molecular weight is 2030 g/mol. The predicted octanol–water partition coefficient (Wildman–Crippen LogP) is 34.5. The molecule has 136 heavy (non-hydrogen) atoms. The van der Waals surface area contributed by atoms with Gasteiger partial charge in [-0.2, -0.15) is 57.9 Å². The minimum Gasteiger partial charge on any atom is -0.386 e. The Bertz CT molecular complexity index is 7050. The molecule has 0 fully saturated rings. The summed E-state index contributed by atoms with van der Waals surface area (Å²) < 4.78 is 189. The number of rotatable bonds is 12. The number of benzene rings is 4. The molecule has 704 valence electrons. The number of esters is 2. The van der Waals surface area contributed by atoms with E-state index in [1.54, 1.807) is 165 Å². The number of aryl methyl sites for hydroxylation is 16. The molecule has 0 bridgehead atoms. The van der Waals surface area contributed by atoms with Crippen LogP contribution in [0, 0.1) is 184 Å². The molecule has 0 unspecified atom stereocenters. The fourth-order valence-electron chi connectivity index (χ4n) is 18.9. The van der Waals surface area contributed by atoms with Crippen LogP contribution in [0.15, 0.2) is 109 Å². The van der Waals surface area contributed by atoms with Gasteiger partial charge in [-0.25, -0.2) is 14.4 Å². The van der Waals surface area contributed by atoms with E-state index in [9.17, 15) is 33.2 Å². The van der Waals surface area contributed by atoms with E-state index < -0.39 is 69.8 Å². The van der Waals surface area contributed by atoms with E-state index in [1.165, 1.54) is 73.2 Å². The topological polar surface area (TPSA) is 106 Å². The Kier molecular flexibility index (Phi) is 28.0. The number of alkyl halides is 12. The van der Waals surface area contributed by atoms with Gasteiger partial charge < -0.3 is 4.74 Å². The molecule has 0 radical (unpaired) electrons. The van der Waals surface area contributed by atoms with Crippen molar-refractivity contribution in [3.63, 3.8) is 0 Å². The molecule has 0 amide bonds. The van der Waals surface area contributed by atoms with E-state index >= 15 is 43.9 Å². The highest BCUT2D eigenvalue weighted by Crippen LogP contribution is 2.70. The molecule has 4 aliphatic rings. The molecule has 1 aliphatic heterocycles. The summed E-state index contributed by atoms with van der Waals surface area (Å²) in [5, 5.41) is 10.3. The summed E-state index contributed by atoms with van der Waals surface area (Å²) in [4.78, 5) is 69.9. The van der Waals surface area contributed by atoms with Crippen LogP contribution in [0.2, 0.25) is 0 Å². The Labute approximate surface area is 821 Å². The normalized spacial score (nSPS) is 16.4. The second-order valence-electron chi connectivity index (χ2n) is 34.1. The van der Waals surface area contributed by atoms with Crippen LogP contribution in [-0.4, -0.2) is 59.0 Å². The van der Waals surface area contributed by atoms with Gasteiger partial charge in [0.25, 0.3) is 0 Å². The van der Waals surface area contributed by atoms with Crippen molar-refractivity contribution in [2.24, 2.45) is 0 Å². The van der Waals surface area contributed by atoms with Crippen LogP contribution >= 0.6 is 113 Å². The first kappa shape index (κ1) is 102. The van der Waals surface area contributed by atoms with Crippen LogP contribution in [0.1, 0.15) is 185 Å². The van der Waals surface area contributed by atoms with E-state index in [2.05, 4.69) is 38.6 Å². The van der Waals surface area contributed by atoms with E-state index in [1.807, 2.05) is 96.9 Å². The first-order valence-corrected chi connectivity index (χ1v) is 51.1. The number of thiophene rings is 10. The van der Waals surface area contributed by atoms with Crippen LogP contribution in [0.4, 0.5) is 52.7 Å². The minimum absolute atomic E-state index is 0.00617. The number of carbonyl (C=O) groups excluding carboxylic acids is 4. The Morgan fingerprint density at radius 3 is 0.860 bits per heavy atom. The van der Waals surface area contributed by atoms with Crippen molar-refractivity contribution >= 4 is 213 Å². The lowest BCUT2D eigenvalue weighted by molar-refractivity contribution is -0.254. The molecule has 18 rings (SSSR count). The first-order valence-electron chi connectivity index (χ1n) is 42.9. The summed E-state index contributed by atoms with van der Waals surface area (Å²) in [6.07, 6.45) is 0.00617. The number of nitrogens with zero attached hydrogens (tertiary/aromatic N) is 2. The quantitative estimate of drug-likeness (QED) is 0.0397. The van der Waals surface area contributed by atoms with Crippen molar-refractivity contribution in [1.82, 2.24) is 0 Å². The maximum atomic E-state index is 15.6. The van der Waals surface area contributed by atoms with E-state index in [4.69, 9.17) is 11.3 Å². The Morgan fingerprint density at radius 2 is 0.574 bits per heavy atom. The fourth-order valence-corrected chi connectivity index (χ4v) is 29.8. The second-order valence-corrected chi connectivity index (χ2v) is 47.7. The van der Waals surface area contributed by atoms with Crippen LogP contribution in [0.25, 0.3) is 102 Å². The van der Waals surface area contributed by atoms with Crippen LogP contribution < -0.4 is 0 Å². The molecule has 0 N–H and O–H groups in total. The third-order valence-electron chi connectivity index (χ3n) is 25.9. The van der Waals surface area contributed by atoms with Gasteiger partial charge in [-0.15, -0.1) is 113 Å². The van der Waals surface area contributed by atoms with Gasteiger partial charge in [0.1, 0.15) is 0 Å². The number of hydrogen-bond acceptors (Lipinski definition) is 16. The zero-order valence-corrected chi connectivity index (χ0v) is 86.8. The number of hydrogen-bond donors (Lipinski definition) is 0. The Hall–Kier alpha value is -10.3. The maximum absolute atomic E-state index is 15.6. The average Bonchev–Trinajstić information content (AvgIpc) is 1.52. The zero-order valence-electron chi connectivity index (χ0n) is 78.7. The molecule has 0 atom stereocenters. The van der Waals surface area contributed by atoms with Crippen LogP contribution in [0.3, 0.4) is 0 Å². The molecule has 0 saturated heterocycles. The van der Waals surface area contributed by atoms with Crippen molar-refractivity contribution < 1.29 is 76.6 Å². The number of ether oxygens (including phenoxy) is 1. The SMILES string of the molecule is Cc1sc(-c2ccccc2)c(C)c1C1=C(c2c(C)sc(-c3ccccc3)c2C)C(F)(F)C(F)(F)C1(F)F.Cc1sc(C)c(C2=C(c3c(C)sc(C)c3C)C(=O)CC2=O)c1C.Cc1sc(C)c(C2=C(c3c(C)sc(C)c3C)C(=O)OC2=O)c1C.Cc1sc2ccccc2c1C1=C(c2c(C)sc3ccccc23)C(F)(F)C(F)(F)C1(F)F.[C-]#[N+]/C(=C(\C#N)c1c(C)sc(C)c1C)c1c(C)sc(C)c1C. The Morgan fingerprint density at radius 1 is 0.309 bits per heavy atom. The molecular formula is C107H92F12N2O5S10. The summed E-state index contributed by atoms with van der Waals surface area (Å²) in [7, 11) is 0. The maximum Gasteiger partial charge on any atom is 0.380 e. The van der Waals surface area contributed by atoms with Gasteiger partial charge in [0.05, 0.1) is 35.8 Å². The lowest BCUT2D eigenvalue weighted by Crippen LogP contribution is -2.49. The van der Waals surface area contributed by atoms with Crippen molar-refractivity contribution in [2.45, 2.75) is 208 Å². The van der Waals surface area contributed by atoms with Crippen molar-refractivity contribution in [1.29, 1.82) is 5.26 Å². The van der Waals surface area contributed by atoms with Crippen molar-refractivity contribution in [3.8, 4) is 27.0 Å². The molecule has 11 heterocycles. The lowest BCUT2D eigenvalue weighted by Gasteiger charge is -2.26. The molecule has 14 aromatic rings. The van der Waals surface area contributed by atoms with Gasteiger partial charge in [0, 0.05) is 181 Å². The minimum atomic E-state index is -5.59. The number of nitriles is 1. The smallest absolute Gasteiger partial charge is 0.380 e. The molecular weight excluding hydrogens is 1940 g/mol. The van der Waals surface area contributed by atoms with Gasteiger partial charge in [0.2, 0.25) is 5.70 Å². The number of cyclic esters (lactones) is 2. The van der Waals surface area contributed by atoms with Gasteiger partial charge in [-0.1, -0.05) is 97.1 Å². The lowest BCUT2D eigenvalue weighted by atomic mass is 9.90. The molecule has 3 aliphatic carbocycles. The third kappa shape index (κ3) is 16.5. The highest BCUT2D eigenvalue weighted by atomic mass is 32.1. The number of carbonyl (C=O) groups is 4. The summed E-state index contributed by atoms with van der Waals surface area (Å²) in [5.74, 6) is -32.5. The molecule has 0 saturated carbocycles. The summed E-state index contributed by atoms with van der Waals surface area (Å²) in [5.41, 5.74) is 11.3. The third-order valence-corrected chi connectivity index (χ3v) is 37.3. The number of fused-ring (bicyclic) bond motifs is 2. The highest BCUT2D eigenvalue weighted by Gasteiger charge is 2.82. The number of halogens is 12. The van der Waals surface area contributed by atoms with Gasteiger partial charge in [0.15, 0.2) is 11.6 Å². The van der Waals surface area contributed by atoms with Gasteiger partial charge in [-0.3, -0.25) is 9.59 Å². The fraction of sp³-hybridized carbons (Fsp3) is 0.290. The highest BCUT2D eigenvalue weighted by molar-refractivity contribution is 7.20. The van der Waals surface area contributed by atoms with Crippen molar-refractivity contribution in [2.75, 3.05) is 0 Å². The summed E-state index contributed by atoms with van der Waals surface area (Å²) in [6, 6.07) is 32.9. The predicted molar refractivity (Wildman–Crippen MR) is 544 cm³/mol. The second kappa shape index (κ2) is 37.5. The molecule has 29 heteroatoms. The number of ketones is 2. The number of Topliss-reactive ketones (excluding diaryl/α,β-unsaturated/α-hetero) is 2. The monoisotopic (exact) mass is 2030 g/mol. The molecule has 10 aromatic heterocycles.